The van der Waals surface area contributed by atoms with Crippen LogP contribution in [0.15, 0.2) is 89.6 Å². The fraction of sp³-hybridized carbons (Fsp3) is 0.0417. The van der Waals surface area contributed by atoms with Gasteiger partial charge in [0.05, 0.1) is 5.69 Å². The van der Waals surface area contributed by atoms with Gasteiger partial charge in [0.2, 0.25) is 0 Å². The number of anilines is 1. The predicted octanol–water partition coefficient (Wildman–Crippen LogP) is 5.38. The number of aliphatic imine (C=N–C) groups is 1. The average Bonchev–Trinajstić information content (AvgIpc) is 3.06. The number of hydrogen-bond donors (Lipinski definition) is 0. The number of carbonyl (C=O) groups is 2. The molecule has 0 spiro atoms. The van der Waals surface area contributed by atoms with Gasteiger partial charge in [-0.25, -0.2) is 4.99 Å². The number of halogens is 1. The second kappa shape index (κ2) is 7.86. The minimum atomic E-state index is -0.227. The van der Waals surface area contributed by atoms with Crippen molar-refractivity contribution in [3.8, 4) is 0 Å². The highest BCUT2D eigenvalue weighted by atomic mass is 35.5. The van der Waals surface area contributed by atoms with Crippen molar-refractivity contribution in [2.75, 3.05) is 4.90 Å². The minimum absolute atomic E-state index is 0.0235. The smallest absolute Gasteiger partial charge is 0.282 e. The average molecular weight is 401 g/mol. The summed E-state index contributed by atoms with van der Waals surface area (Å²) in [6, 6.07) is 23.7. The lowest BCUT2D eigenvalue weighted by Crippen LogP contribution is -2.32. The summed E-state index contributed by atoms with van der Waals surface area (Å²) in [4.78, 5) is 31.0. The Morgan fingerprint density at radius 2 is 1.59 bits per heavy atom. The van der Waals surface area contributed by atoms with Crippen LogP contribution in [-0.4, -0.2) is 17.5 Å². The normalized spacial score (nSPS) is 15.0. The van der Waals surface area contributed by atoms with Gasteiger partial charge < -0.3 is 0 Å². The molecule has 1 amide bonds. The SMILES string of the molecule is CC(=O)c1ccc(N2C(=O)/C(=C/c3ccc(Cl)cc3)N=C2c2ccccc2)cc1. The van der Waals surface area contributed by atoms with Crippen LogP contribution >= 0.6 is 11.6 Å². The molecule has 1 aliphatic rings. The zero-order valence-corrected chi connectivity index (χ0v) is 16.4. The maximum atomic E-state index is 13.2. The van der Waals surface area contributed by atoms with Gasteiger partial charge in [-0.1, -0.05) is 54.1 Å². The van der Waals surface area contributed by atoms with Crippen LogP contribution in [0.4, 0.5) is 5.69 Å². The Hall–Kier alpha value is -3.50. The molecule has 0 radical (unpaired) electrons. The van der Waals surface area contributed by atoms with Crippen LogP contribution in [0.2, 0.25) is 5.02 Å². The van der Waals surface area contributed by atoms with Crippen LogP contribution in [0.5, 0.6) is 0 Å². The maximum absolute atomic E-state index is 13.2. The van der Waals surface area contributed by atoms with Crippen LogP contribution in [0.1, 0.15) is 28.4 Å². The third-order valence-corrected chi connectivity index (χ3v) is 4.85. The van der Waals surface area contributed by atoms with Gasteiger partial charge in [0.1, 0.15) is 11.5 Å². The second-order valence-electron chi connectivity index (χ2n) is 6.63. The lowest BCUT2D eigenvalue weighted by atomic mass is 10.1. The van der Waals surface area contributed by atoms with Crippen molar-refractivity contribution < 1.29 is 9.59 Å². The molecular formula is C24H17ClN2O2. The predicted molar refractivity (Wildman–Crippen MR) is 116 cm³/mol. The van der Waals surface area contributed by atoms with E-state index in [0.29, 0.717) is 27.8 Å². The van der Waals surface area contributed by atoms with Crippen molar-refractivity contribution in [3.05, 3.63) is 106 Å². The van der Waals surface area contributed by atoms with E-state index >= 15 is 0 Å². The molecule has 3 aromatic carbocycles. The van der Waals surface area contributed by atoms with E-state index in [1.54, 1.807) is 47.4 Å². The standard InChI is InChI=1S/C24H17ClN2O2/c1-16(28)18-9-13-21(14-10-18)27-23(19-5-3-2-4-6-19)26-22(24(27)29)15-17-7-11-20(25)12-8-17/h2-15H,1H3/b22-15-. The molecular weight excluding hydrogens is 384 g/mol. The Labute approximate surface area is 173 Å². The Morgan fingerprint density at radius 1 is 0.931 bits per heavy atom. The highest BCUT2D eigenvalue weighted by Gasteiger charge is 2.32. The van der Waals surface area contributed by atoms with Crippen LogP contribution < -0.4 is 4.90 Å². The molecule has 0 N–H and O–H groups in total. The van der Waals surface area contributed by atoms with E-state index in [1.807, 2.05) is 42.5 Å². The summed E-state index contributed by atoms with van der Waals surface area (Å²) in [6.45, 7) is 1.51. The van der Waals surface area contributed by atoms with E-state index < -0.39 is 0 Å². The van der Waals surface area contributed by atoms with Crippen LogP contribution in [0.3, 0.4) is 0 Å². The molecule has 29 heavy (non-hydrogen) atoms. The molecule has 0 fully saturated rings. The Bertz CT molecular complexity index is 1130. The molecule has 1 aliphatic heterocycles. The summed E-state index contributed by atoms with van der Waals surface area (Å²) >= 11 is 5.95. The summed E-state index contributed by atoms with van der Waals surface area (Å²) in [6.07, 6.45) is 1.74. The summed E-state index contributed by atoms with van der Waals surface area (Å²) in [5, 5.41) is 0.630. The first-order valence-corrected chi connectivity index (χ1v) is 9.47. The van der Waals surface area contributed by atoms with Gasteiger partial charge in [-0.3, -0.25) is 14.5 Å². The van der Waals surface area contributed by atoms with Crippen molar-refractivity contribution >= 4 is 40.9 Å². The minimum Gasteiger partial charge on any atom is -0.295 e. The van der Waals surface area contributed by atoms with Crippen molar-refractivity contribution in [3.63, 3.8) is 0 Å². The number of amidine groups is 1. The molecule has 0 bridgehead atoms. The molecule has 5 heteroatoms. The zero-order valence-electron chi connectivity index (χ0n) is 15.7. The van der Waals surface area contributed by atoms with E-state index in [0.717, 1.165) is 11.1 Å². The van der Waals surface area contributed by atoms with E-state index in [2.05, 4.69) is 4.99 Å². The van der Waals surface area contributed by atoms with Crippen LogP contribution in [-0.2, 0) is 4.79 Å². The summed E-state index contributed by atoms with van der Waals surface area (Å²) in [5.74, 6) is 0.297. The van der Waals surface area contributed by atoms with Gasteiger partial charge >= 0.3 is 0 Å². The van der Waals surface area contributed by atoms with Gasteiger partial charge in [0.25, 0.3) is 5.91 Å². The van der Waals surface area contributed by atoms with Crippen LogP contribution in [0, 0.1) is 0 Å². The number of rotatable bonds is 4. The lowest BCUT2D eigenvalue weighted by Gasteiger charge is -2.18. The Morgan fingerprint density at radius 3 is 2.21 bits per heavy atom. The van der Waals surface area contributed by atoms with Gasteiger partial charge in [-0.15, -0.1) is 0 Å². The molecule has 3 aromatic rings. The molecule has 0 saturated carbocycles. The number of Topliss-reactive ketones (excluding diaryl/α,β-unsaturated/α-hetero) is 1. The second-order valence-corrected chi connectivity index (χ2v) is 7.06. The van der Waals surface area contributed by atoms with Crippen molar-refractivity contribution in [1.82, 2.24) is 0 Å². The van der Waals surface area contributed by atoms with Crippen LogP contribution in [0.25, 0.3) is 6.08 Å². The first-order valence-electron chi connectivity index (χ1n) is 9.10. The van der Waals surface area contributed by atoms with E-state index in [1.165, 1.54) is 6.92 Å². The molecule has 142 valence electrons. The first-order chi connectivity index (χ1) is 14.0. The molecule has 4 rings (SSSR count). The fourth-order valence-electron chi connectivity index (χ4n) is 3.10. The molecule has 0 aliphatic carbocycles. The number of nitrogens with zero attached hydrogens (tertiary/aromatic N) is 2. The number of carbonyl (C=O) groups excluding carboxylic acids is 2. The monoisotopic (exact) mass is 400 g/mol. The largest absolute Gasteiger partial charge is 0.295 e. The number of amides is 1. The maximum Gasteiger partial charge on any atom is 0.282 e. The van der Waals surface area contributed by atoms with Crippen molar-refractivity contribution in [2.24, 2.45) is 4.99 Å². The van der Waals surface area contributed by atoms with Gasteiger partial charge in [-0.2, -0.15) is 0 Å². The van der Waals surface area contributed by atoms with E-state index in [4.69, 9.17) is 11.6 Å². The molecule has 0 aromatic heterocycles. The van der Waals surface area contributed by atoms with Crippen molar-refractivity contribution in [2.45, 2.75) is 6.92 Å². The van der Waals surface area contributed by atoms with E-state index in [9.17, 15) is 9.59 Å². The third kappa shape index (κ3) is 3.89. The van der Waals surface area contributed by atoms with Gasteiger partial charge in [-0.05, 0) is 55.0 Å². The van der Waals surface area contributed by atoms with E-state index in [-0.39, 0.29) is 11.7 Å². The third-order valence-electron chi connectivity index (χ3n) is 4.60. The molecule has 4 nitrogen and oxygen atoms in total. The highest BCUT2D eigenvalue weighted by Crippen LogP contribution is 2.28. The zero-order chi connectivity index (χ0) is 20.4. The highest BCUT2D eigenvalue weighted by molar-refractivity contribution is 6.33. The number of benzene rings is 3. The Balaban J connectivity index is 1.79. The van der Waals surface area contributed by atoms with Crippen molar-refractivity contribution in [1.29, 1.82) is 0 Å². The molecule has 1 heterocycles. The molecule has 0 saturated heterocycles. The van der Waals surface area contributed by atoms with Gasteiger partial charge in [0.15, 0.2) is 5.78 Å². The summed E-state index contributed by atoms with van der Waals surface area (Å²) in [7, 11) is 0. The topological polar surface area (TPSA) is 49.7 Å². The fourth-order valence-corrected chi connectivity index (χ4v) is 3.23. The summed E-state index contributed by atoms with van der Waals surface area (Å²) in [5.41, 5.74) is 3.25. The molecule has 0 atom stereocenters. The lowest BCUT2D eigenvalue weighted by molar-refractivity contribution is -0.113. The number of hydrogen-bond acceptors (Lipinski definition) is 3. The summed E-state index contributed by atoms with van der Waals surface area (Å²) < 4.78 is 0. The Kier molecular flexibility index (Phi) is 5.10. The molecule has 0 unspecified atom stereocenters. The number of ketones is 1. The quantitative estimate of drug-likeness (QED) is 0.436. The van der Waals surface area contributed by atoms with Gasteiger partial charge in [0, 0.05) is 16.1 Å². The first kappa shape index (κ1) is 18.8.